The standard InChI is InChI=1S/C14H12BrCl2NO/c1-19-13-5-3-8(6-10(13)15)14(18)9-2-4-11(16)12(17)7-9/h2-7,14H,18H2,1H3. The van der Waals surface area contributed by atoms with E-state index >= 15 is 0 Å². The van der Waals surface area contributed by atoms with E-state index in [0.29, 0.717) is 10.0 Å². The minimum atomic E-state index is -0.267. The highest BCUT2D eigenvalue weighted by atomic mass is 79.9. The molecule has 19 heavy (non-hydrogen) atoms. The molecule has 0 aromatic heterocycles. The molecule has 2 rings (SSSR count). The Morgan fingerprint density at radius 3 is 2.26 bits per heavy atom. The molecule has 0 saturated heterocycles. The maximum absolute atomic E-state index is 6.23. The summed E-state index contributed by atoms with van der Waals surface area (Å²) in [5.74, 6) is 0.769. The summed E-state index contributed by atoms with van der Waals surface area (Å²) in [6.07, 6.45) is 0. The van der Waals surface area contributed by atoms with Gasteiger partial charge in [-0.1, -0.05) is 35.3 Å². The van der Waals surface area contributed by atoms with Gasteiger partial charge < -0.3 is 10.5 Å². The highest BCUT2D eigenvalue weighted by molar-refractivity contribution is 9.10. The third kappa shape index (κ3) is 3.23. The molecule has 0 aliphatic heterocycles. The van der Waals surface area contributed by atoms with Crippen molar-refractivity contribution in [2.75, 3.05) is 7.11 Å². The summed E-state index contributed by atoms with van der Waals surface area (Å²) in [5.41, 5.74) is 8.11. The van der Waals surface area contributed by atoms with Crippen LogP contribution in [0.25, 0.3) is 0 Å². The summed E-state index contributed by atoms with van der Waals surface area (Å²) < 4.78 is 6.06. The Bertz CT molecular complexity index is 604. The fourth-order valence-corrected chi connectivity index (χ4v) is 2.64. The summed E-state index contributed by atoms with van der Waals surface area (Å²) in [6, 6.07) is 10.9. The first-order valence-electron chi connectivity index (χ1n) is 5.57. The van der Waals surface area contributed by atoms with Gasteiger partial charge in [-0.15, -0.1) is 0 Å². The van der Waals surface area contributed by atoms with E-state index in [9.17, 15) is 0 Å². The van der Waals surface area contributed by atoms with E-state index in [4.69, 9.17) is 33.7 Å². The number of hydrogen-bond donors (Lipinski definition) is 1. The van der Waals surface area contributed by atoms with E-state index in [0.717, 1.165) is 21.3 Å². The second-order valence-electron chi connectivity index (χ2n) is 4.05. The molecule has 0 saturated carbocycles. The van der Waals surface area contributed by atoms with Crippen LogP contribution < -0.4 is 10.5 Å². The molecular formula is C14H12BrCl2NO. The number of nitrogens with two attached hydrogens (primary N) is 1. The Kier molecular flexibility index (Phi) is 4.74. The first-order valence-corrected chi connectivity index (χ1v) is 7.11. The first kappa shape index (κ1) is 14.7. The number of benzene rings is 2. The molecule has 1 unspecified atom stereocenters. The van der Waals surface area contributed by atoms with E-state index in [1.54, 1.807) is 19.2 Å². The van der Waals surface area contributed by atoms with Gasteiger partial charge in [-0.25, -0.2) is 0 Å². The molecule has 0 fully saturated rings. The van der Waals surface area contributed by atoms with Gasteiger partial charge in [0.25, 0.3) is 0 Å². The van der Waals surface area contributed by atoms with Gasteiger partial charge >= 0.3 is 0 Å². The molecule has 0 aliphatic carbocycles. The predicted molar refractivity (Wildman–Crippen MR) is 83.2 cm³/mol. The van der Waals surface area contributed by atoms with E-state index in [1.807, 2.05) is 24.3 Å². The minimum absolute atomic E-state index is 0.267. The molecule has 0 heterocycles. The molecular weight excluding hydrogens is 349 g/mol. The van der Waals surface area contributed by atoms with Crippen LogP contribution in [0.5, 0.6) is 5.75 Å². The van der Waals surface area contributed by atoms with Gasteiger partial charge in [0.1, 0.15) is 5.75 Å². The highest BCUT2D eigenvalue weighted by Gasteiger charge is 2.12. The zero-order valence-electron chi connectivity index (χ0n) is 10.2. The Hall–Kier alpha value is -0.740. The minimum Gasteiger partial charge on any atom is -0.496 e. The number of halogens is 3. The summed E-state index contributed by atoms with van der Waals surface area (Å²) >= 11 is 15.4. The van der Waals surface area contributed by atoms with Crippen LogP contribution in [-0.4, -0.2) is 7.11 Å². The average Bonchev–Trinajstić information content (AvgIpc) is 2.41. The van der Waals surface area contributed by atoms with Crippen LogP contribution in [0.2, 0.25) is 10.0 Å². The number of hydrogen-bond acceptors (Lipinski definition) is 2. The van der Waals surface area contributed by atoms with Gasteiger partial charge in [0.15, 0.2) is 0 Å². The Morgan fingerprint density at radius 1 is 1.05 bits per heavy atom. The largest absolute Gasteiger partial charge is 0.496 e. The quantitative estimate of drug-likeness (QED) is 0.852. The molecule has 2 nitrogen and oxygen atoms in total. The highest BCUT2D eigenvalue weighted by Crippen LogP contribution is 2.31. The van der Waals surface area contributed by atoms with Gasteiger partial charge in [0.2, 0.25) is 0 Å². The lowest BCUT2D eigenvalue weighted by molar-refractivity contribution is 0.412. The average molecular weight is 361 g/mol. The van der Waals surface area contributed by atoms with Crippen LogP contribution in [0.15, 0.2) is 40.9 Å². The lowest BCUT2D eigenvalue weighted by atomic mass is 10.00. The summed E-state index contributed by atoms with van der Waals surface area (Å²) in [5, 5.41) is 1.02. The van der Waals surface area contributed by atoms with Crippen LogP contribution in [0.3, 0.4) is 0 Å². The molecule has 0 aliphatic rings. The smallest absolute Gasteiger partial charge is 0.133 e. The van der Waals surface area contributed by atoms with Gasteiger partial charge in [0, 0.05) is 0 Å². The van der Waals surface area contributed by atoms with Crippen molar-refractivity contribution >= 4 is 39.1 Å². The van der Waals surface area contributed by atoms with Gasteiger partial charge in [-0.2, -0.15) is 0 Å². The second-order valence-corrected chi connectivity index (χ2v) is 5.71. The normalized spacial score (nSPS) is 12.3. The molecule has 0 radical (unpaired) electrons. The zero-order valence-corrected chi connectivity index (χ0v) is 13.3. The monoisotopic (exact) mass is 359 g/mol. The van der Waals surface area contributed by atoms with E-state index in [-0.39, 0.29) is 6.04 Å². The van der Waals surface area contributed by atoms with Gasteiger partial charge in [0.05, 0.1) is 27.7 Å². The van der Waals surface area contributed by atoms with Crippen LogP contribution in [-0.2, 0) is 0 Å². The van der Waals surface area contributed by atoms with Crippen molar-refractivity contribution in [1.29, 1.82) is 0 Å². The summed E-state index contributed by atoms with van der Waals surface area (Å²) in [7, 11) is 1.62. The Morgan fingerprint density at radius 2 is 1.68 bits per heavy atom. The maximum atomic E-state index is 6.23. The lowest BCUT2D eigenvalue weighted by Gasteiger charge is -2.15. The van der Waals surface area contributed by atoms with Crippen molar-refractivity contribution in [1.82, 2.24) is 0 Å². The molecule has 2 N–H and O–H groups in total. The fraction of sp³-hybridized carbons (Fsp3) is 0.143. The molecule has 100 valence electrons. The van der Waals surface area contributed by atoms with E-state index in [1.165, 1.54) is 0 Å². The molecule has 0 spiro atoms. The molecule has 0 bridgehead atoms. The van der Waals surface area contributed by atoms with Crippen molar-refractivity contribution < 1.29 is 4.74 Å². The molecule has 0 amide bonds. The van der Waals surface area contributed by atoms with Crippen LogP contribution in [0.4, 0.5) is 0 Å². The number of rotatable bonds is 3. The Labute approximate surface area is 130 Å². The molecule has 1 atom stereocenters. The fourth-order valence-electron chi connectivity index (χ4n) is 1.77. The SMILES string of the molecule is COc1ccc(C(N)c2ccc(Cl)c(Cl)c2)cc1Br. The van der Waals surface area contributed by atoms with Crippen molar-refractivity contribution in [3.63, 3.8) is 0 Å². The molecule has 2 aromatic rings. The molecule has 5 heteroatoms. The topological polar surface area (TPSA) is 35.2 Å². The third-order valence-electron chi connectivity index (χ3n) is 2.84. The first-order chi connectivity index (χ1) is 9.02. The van der Waals surface area contributed by atoms with Crippen molar-refractivity contribution in [3.8, 4) is 5.75 Å². The maximum Gasteiger partial charge on any atom is 0.133 e. The third-order valence-corrected chi connectivity index (χ3v) is 4.20. The van der Waals surface area contributed by atoms with E-state index < -0.39 is 0 Å². The van der Waals surface area contributed by atoms with Crippen molar-refractivity contribution in [2.24, 2.45) is 5.73 Å². The Balaban J connectivity index is 2.35. The second kappa shape index (κ2) is 6.14. The summed E-state index contributed by atoms with van der Waals surface area (Å²) in [4.78, 5) is 0. The molecule has 2 aromatic carbocycles. The van der Waals surface area contributed by atoms with Gasteiger partial charge in [-0.3, -0.25) is 0 Å². The van der Waals surface area contributed by atoms with Crippen molar-refractivity contribution in [3.05, 3.63) is 62.0 Å². The predicted octanol–water partition coefficient (Wildman–Crippen LogP) is 4.81. The van der Waals surface area contributed by atoms with Crippen LogP contribution in [0, 0.1) is 0 Å². The van der Waals surface area contributed by atoms with Crippen LogP contribution >= 0.6 is 39.1 Å². The summed E-state index contributed by atoms with van der Waals surface area (Å²) in [6.45, 7) is 0. The van der Waals surface area contributed by atoms with Crippen molar-refractivity contribution in [2.45, 2.75) is 6.04 Å². The number of methoxy groups -OCH3 is 1. The van der Waals surface area contributed by atoms with Crippen LogP contribution in [0.1, 0.15) is 17.2 Å². The zero-order chi connectivity index (χ0) is 14.0. The van der Waals surface area contributed by atoms with E-state index in [2.05, 4.69) is 15.9 Å². The lowest BCUT2D eigenvalue weighted by Crippen LogP contribution is -2.11. The van der Waals surface area contributed by atoms with Gasteiger partial charge in [-0.05, 0) is 51.3 Å². The number of ether oxygens (including phenoxy) is 1.